The first kappa shape index (κ1) is 10.7. The molecule has 1 aromatic rings. The number of carbonyl (C=O) groups excluding carboxylic acids is 1. The lowest BCUT2D eigenvalue weighted by Gasteiger charge is -2.11. The number of amides is 1. The minimum Gasteiger partial charge on any atom is -0.349 e. The molecule has 0 aliphatic heterocycles. The van der Waals surface area contributed by atoms with Crippen LogP contribution in [0.3, 0.4) is 0 Å². The molecule has 0 heterocycles. The van der Waals surface area contributed by atoms with E-state index in [1.165, 1.54) is 12.8 Å². The average Bonchev–Trinajstić information content (AvgIpc) is 2.71. The van der Waals surface area contributed by atoms with Gasteiger partial charge in [0.2, 0.25) is 0 Å². The van der Waals surface area contributed by atoms with Gasteiger partial charge in [0.05, 0.1) is 0 Å². The molecule has 1 aliphatic rings. The lowest BCUT2D eigenvalue weighted by molar-refractivity contribution is 0.0938. The van der Waals surface area contributed by atoms with Crippen LogP contribution in [0.15, 0.2) is 28.7 Å². The molecule has 0 saturated heterocycles. The van der Waals surface area contributed by atoms with Gasteiger partial charge in [-0.05, 0) is 37.1 Å². The first-order chi connectivity index (χ1) is 7.25. The zero-order valence-corrected chi connectivity index (χ0v) is 10.1. The summed E-state index contributed by atoms with van der Waals surface area (Å²) < 4.78 is 1.000. The number of carbonyl (C=O) groups is 1. The standard InChI is InChI=1S/C12H14BrNO/c13-10-7-5-9(6-8-10)12(15)14-11-3-1-2-4-11/h5-8,11H,1-4H2,(H,14,15). The average molecular weight is 268 g/mol. The molecule has 0 radical (unpaired) electrons. The molecule has 1 amide bonds. The Bertz CT molecular complexity index is 341. The van der Waals surface area contributed by atoms with Crippen LogP contribution in [0.4, 0.5) is 0 Å². The van der Waals surface area contributed by atoms with Crippen molar-refractivity contribution in [1.82, 2.24) is 5.32 Å². The molecule has 80 valence electrons. The molecule has 2 rings (SSSR count). The van der Waals surface area contributed by atoms with Gasteiger partial charge in [-0.25, -0.2) is 0 Å². The van der Waals surface area contributed by atoms with Gasteiger partial charge in [0.25, 0.3) is 5.91 Å². The Hall–Kier alpha value is -0.830. The Balaban J connectivity index is 1.98. The monoisotopic (exact) mass is 267 g/mol. The molecule has 15 heavy (non-hydrogen) atoms. The van der Waals surface area contributed by atoms with E-state index in [1.54, 1.807) is 0 Å². The maximum atomic E-state index is 11.8. The van der Waals surface area contributed by atoms with Crippen molar-refractivity contribution in [1.29, 1.82) is 0 Å². The maximum absolute atomic E-state index is 11.8. The summed E-state index contributed by atoms with van der Waals surface area (Å²) in [5.41, 5.74) is 0.741. The van der Waals surface area contributed by atoms with Gasteiger partial charge in [-0.15, -0.1) is 0 Å². The quantitative estimate of drug-likeness (QED) is 0.877. The molecular weight excluding hydrogens is 254 g/mol. The summed E-state index contributed by atoms with van der Waals surface area (Å²) >= 11 is 3.35. The van der Waals surface area contributed by atoms with E-state index in [-0.39, 0.29) is 5.91 Å². The molecule has 1 aliphatic carbocycles. The fourth-order valence-electron chi connectivity index (χ4n) is 1.94. The summed E-state index contributed by atoms with van der Waals surface area (Å²) in [7, 11) is 0. The van der Waals surface area contributed by atoms with E-state index in [1.807, 2.05) is 24.3 Å². The SMILES string of the molecule is O=C(NC1CCCC1)c1ccc(Br)cc1. The van der Waals surface area contributed by atoms with Crippen LogP contribution in [0.2, 0.25) is 0 Å². The van der Waals surface area contributed by atoms with Crippen molar-refractivity contribution in [2.24, 2.45) is 0 Å². The van der Waals surface area contributed by atoms with Crippen LogP contribution in [0.1, 0.15) is 36.0 Å². The highest BCUT2D eigenvalue weighted by Crippen LogP contribution is 2.18. The third-order valence-corrected chi connectivity index (χ3v) is 3.33. The Morgan fingerprint density at radius 1 is 1.20 bits per heavy atom. The molecule has 0 bridgehead atoms. The van der Waals surface area contributed by atoms with Crippen molar-refractivity contribution >= 4 is 21.8 Å². The second-order valence-corrected chi connectivity index (χ2v) is 4.88. The van der Waals surface area contributed by atoms with Crippen LogP contribution in [-0.4, -0.2) is 11.9 Å². The molecule has 0 atom stereocenters. The molecule has 1 aromatic carbocycles. The lowest BCUT2D eigenvalue weighted by Crippen LogP contribution is -2.32. The van der Waals surface area contributed by atoms with Crippen LogP contribution in [0.5, 0.6) is 0 Å². The number of hydrogen-bond donors (Lipinski definition) is 1. The Morgan fingerprint density at radius 2 is 1.80 bits per heavy atom. The number of halogens is 1. The van der Waals surface area contributed by atoms with E-state index in [4.69, 9.17) is 0 Å². The predicted molar refractivity (Wildman–Crippen MR) is 63.9 cm³/mol. The van der Waals surface area contributed by atoms with E-state index in [0.29, 0.717) is 6.04 Å². The summed E-state index contributed by atoms with van der Waals surface area (Å²) in [5, 5.41) is 3.06. The van der Waals surface area contributed by atoms with E-state index >= 15 is 0 Å². The van der Waals surface area contributed by atoms with Crippen LogP contribution in [-0.2, 0) is 0 Å². The van der Waals surface area contributed by atoms with Gasteiger partial charge in [-0.1, -0.05) is 28.8 Å². The van der Waals surface area contributed by atoms with E-state index < -0.39 is 0 Å². The summed E-state index contributed by atoms with van der Waals surface area (Å²) in [6.07, 6.45) is 4.74. The van der Waals surface area contributed by atoms with Crippen LogP contribution in [0.25, 0.3) is 0 Å². The van der Waals surface area contributed by atoms with Gasteiger partial charge in [0.1, 0.15) is 0 Å². The van der Waals surface area contributed by atoms with Crippen LogP contribution < -0.4 is 5.32 Å². The molecule has 1 N–H and O–H groups in total. The normalized spacial score (nSPS) is 16.6. The third-order valence-electron chi connectivity index (χ3n) is 2.80. The van der Waals surface area contributed by atoms with E-state index in [2.05, 4.69) is 21.2 Å². The third kappa shape index (κ3) is 2.81. The maximum Gasteiger partial charge on any atom is 0.251 e. The first-order valence-electron chi connectivity index (χ1n) is 5.32. The van der Waals surface area contributed by atoms with Gasteiger partial charge >= 0.3 is 0 Å². The van der Waals surface area contributed by atoms with Crippen LogP contribution in [0, 0.1) is 0 Å². The fraction of sp³-hybridized carbons (Fsp3) is 0.417. The van der Waals surface area contributed by atoms with Gasteiger partial charge in [0.15, 0.2) is 0 Å². The second-order valence-electron chi connectivity index (χ2n) is 3.96. The highest BCUT2D eigenvalue weighted by molar-refractivity contribution is 9.10. The zero-order valence-electron chi connectivity index (χ0n) is 8.50. The van der Waals surface area contributed by atoms with Crippen molar-refractivity contribution in [2.45, 2.75) is 31.7 Å². The Labute approximate surface area is 98.2 Å². The van der Waals surface area contributed by atoms with Crippen molar-refractivity contribution in [3.8, 4) is 0 Å². The first-order valence-corrected chi connectivity index (χ1v) is 6.11. The van der Waals surface area contributed by atoms with Gasteiger partial charge in [-0.2, -0.15) is 0 Å². The lowest BCUT2D eigenvalue weighted by atomic mass is 10.2. The Morgan fingerprint density at radius 3 is 2.40 bits per heavy atom. The summed E-state index contributed by atoms with van der Waals surface area (Å²) in [6, 6.07) is 7.86. The second kappa shape index (κ2) is 4.79. The van der Waals surface area contributed by atoms with Gasteiger partial charge in [-0.3, -0.25) is 4.79 Å². The zero-order chi connectivity index (χ0) is 10.7. The van der Waals surface area contributed by atoms with Crippen molar-refractivity contribution in [3.63, 3.8) is 0 Å². The highest BCUT2D eigenvalue weighted by atomic mass is 79.9. The van der Waals surface area contributed by atoms with Gasteiger partial charge in [0, 0.05) is 16.1 Å². The van der Waals surface area contributed by atoms with Gasteiger partial charge < -0.3 is 5.32 Å². The largest absolute Gasteiger partial charge is 0.349 e. The minimum atomic E-state index is 0.0504. The Kier molecular flexibility index (Phi) is 3.41. The highest BCUT2D eigenvalue weighted by Gasteiger charge is 2.17. The molecule has 0 aromatic heterocycles. The summed E-state index contributed by atoms with van der Waals surface area (Å²) in [5.74, 6) is 0.0504. The number of nitrogens with one attached hydrogen (secondary N) is 1. The summed E-state index contributed by atoms with van der Waals surface area (Å²) in [4.78, 5) is 11.8. The van der Waals surface area contributed by atoms with Crippen molar-refractivity contribution in [2.75, 3.05) is 0 Å². The number of benzene rings is 1. The molecule has 1 saturated carbocycles. The van der Waals surface area contributed by atoms with Crippen molar-refractivity contribution < 1.29 is 4.79 Å². The van der Waals surface area contributed by atoms with Crippen LogP contribution >= 0.6 is 15.9 Å². The predicted octanol–water partition coefficient (Wildman–Crippen LogP) is 3.12. The topological polar surface area (TPSA) is 29.1 Å². The molecular formula is C12H14BrNO. The number of rotatable bonds is 2. The van der Waals surface area contributed by atoms with Crippen molar-refractivity contribution in [3.05, 3.63) is 34.3 Å². The molecule has 0 spiro atoms. The minimum absolute atomic E-state index is 0.0504. The smallest absolute Gasteiger partial charge is 0.251 e. The molecule has 1 fully saturated rings. The van der Waals surface area contributed by atoms with E-state index in [9.17, 15) is 4.79 Å². The molecule has 2 nitrogen and oxygen atoms in total. The number of hydrogen-bond acceptors (Lipinski definition) is 1. The molecule has 0 unspecified atom stereocenters. The fourth-order valence-corrected chi connectivity index (χ4v) is 2.20. The molecule has 3 heteroatoms. The summed E-state index contributed by atoms with van der Waals surface area (Å²) in [6.45, 7) is 0. The van der Waals surface area contributed by atoms with E-state index in [0.717, 1.165) is 22.9 Å².